The van der Waals surface area contributed by atoms with Crippen LogP contribution in [0.5, 0.6) is 0 Å². The van der Waals surface area contributed by atoms with Crippen molar-refractivity contribution in [1.82, 2.24) is 9.80 Å². The van der Waals surface area contributed by atoms with Crippen molar-refractivity contribution in [3.05, 3.63) is 35.6 Å². The van der Waals surface area contributed by atoms with Gasteiger partial charge in [-0.3, -0.25) is 4.79 Å². The van der Waals surface area contributed by atoms with Crippen LogP contribution in [0.1, 0.15) is 30.1 Å². The molecule has 1 aromatic carbocycles. The van der Waals surface area contributed by atoms with Crippen molar-refractivity contribution in [3.63, 3.8) is 0 Å². The predicted molar refractivity (Wildman–Crippen MR) is 78.5 cm³/mol. The number of hydrogen-bond acceptors (Lipinski definition) is 3. The number of benzene rings is 1. The molecule has 0 radical (unpaired) electrons. The Morgan fingerprint density at radius 3 is 2.40 bits per heavy atom. The summed E-state index contributed by atoms with van der Waals surface area (Å²) < 4.78 is 13.1. The van der Waals surface area contributed by atoms with Gasteiger partial charge >= 0.3 is 0 Å². The first-order chi connectivity index (χ1) is 9.69. The molecule has 3 nitrogen and oxygen atoms in total. The largest absolute Gasteiger partial charge is 0.301 e. The van der Waals surface area contributed by atoms with Crippen molar-refractivity contribution in [2.24, 2.45) is 0 Å². The van der Waals surface area contributed by atoms with Crippen molar-refractivity contribution >= 4 is 5.78 Å². The number of Topliss-reactive ketones (excluding diaryl/α,β-unsaturated/α-hetero) is 1. The molecule has 1 aliphatic heterocycles. The van der Waals surface area contributed by atoms with Gasteiger partial charge < -0.3 is 9.80 Å². The molecular weight excluding hydrogens is 255 g/mol. The first-order valence-electron chi connectivity index (χ1n) is 7.42. The number of carbonyl (C=O) groups is 1. The normalized spacial score (nSPS) is 17.3. The summed E-state index contributed by atoms with van der Waals surface area (Å²) in [4.78, 5) is 16.8. The van der Waals surface area contributed by atoms with Crippen molar-refractivity contribution in [2.75, 3.05) is 39.3 Å². The highest BCUT2D eigenvalue weighted by molar-refractivity contribution is 5.96. The van der Waals surface area contributed by atoms with Gasteiger partial charge in [0.25, 0.3) is 0 Å². The van der Waals surface area contributed by atoms with Crippen LogP contribution in [-0.2, 0) is 0 Å². The van der Waals surface area contributed by atoms with E-state index in [0.29, 0.717) is 12.0 Å². The van der Waals surface area contributed by atoms with E-state index in [2.05, 4.69) is 16.7 Å². The third kappa shape index (κ3) is 4.39. The SMILES string of the molecule is CCCN1CCN(CCC(=O)c2cccc(F)c2)CC1. The van der Waals surface area contributed by atoms with Crippen LogP contribution in [0, 0.1) is 5.82 Å². The van der Waals surface area contributed by atoms with E-state index in [4.69, 9.17) is 0 Å². The van der Waals surface area contributed by atoms with Crippen molar-refractivity contribution in [2.45, 2.75) is 19.8 Å². The molecule has 1 aliphatic rings. The summed E-state index contributed by atoms with van der Waals surface area (Å²) in [6.07, 6.45) is 1.66. The first kappa shape index (κ1) is 15.1. The number of halogens is 1. The quantitative estimate of drug-likeness (QED) is 0.747. The lowest BCUT2D eigenvalue weighted by Crippen LogP contribution is -2.46. The molecule has 2 rings (SSSR count). The maximum atomic E-state index is 13.1. The molecule has 0 bridgehead atoms. The molecule has 110 valence electrons. The van der Waals surface area contributed by atoms with E-state index >= 15 is 0 Å². The van der Waals surface area contributed by atoms with Gasteiger partial charge in [-0.2, -0.15) is 0 Å². The van der Waals surface area contributed by atoms with Gasteiger partial charge in [0.2, 0.25) is 0 Å². The van der Waals surface area contributed by atoms with Crippen LogP contribution in [0.15, 0.2) is 24.3 Å². The minimum absolute atomic E-state index is 0.0282. The molecule has 1 heterocycles. The van der Waals surface area contributed by atoms with Crippen molar-refractivity contribution in [1.29, 1.82) is 0 Å². The highest BCUT2D eigenvalue weighted by Crippen LogP contribution is 2.09. The van der Waals surface area contributed by atoms with Gasteiger partial charge in [-0.15, -0.1) is 0 Å². The minimum Gasteiger partial charge on any atom is -0.301 e. The van der Waals surface area contributed by atoms with E-state index < -0.39 is 0 Å². The highest BCUT2D eigenvalue weighted by Gasteiger charge is 2.17. The fraction of sp³-hybridized carbons (Fsp3) is 0.562. The van der Waals surface area contributed by atoms with Crippen LogP contribution >= 0.6 is 0 Å². The Hall–Kier alpha value is -1.26. The van der Waals surface area contributed by atoms with Gasteiger partial charge in [-0.1, -0.05) is 19.1 Å². The Morgan fingerprint density at radius 1 is 1.15 bits per heavy atom. The minimum atomic E-state index is -0.343. The van der Waals surface area contributed by atoms with E-state index in [0.717, 1.165) is 39.3 Å². The second kappa shape index (κ2) is 7.50. The molecule has 0 aromatic heterocycles. The van der Waals surface area contributed by atoms with Gasteiger partial charge in [0, 0.05) is 44.7 Å². The van der Waals surface area contributed by atoms with E-state index in [1.54, 1.807) is 12.1 Å². The summed E-state index contributed by atoms with van der Waals surface area (Å²) in [5.74, 6) is -0.315. The molecule has 1 saturated heterocycles. The number of hydrogen-bond donors (Lipinski definition) is 0. The molecule has 1 aromatic rings. The van der Waals surface area contributed by atoms with E-state index in [1.807, 2.05) is 0 Å². The van der Waals surface area contributed by atoms with Gasteiger partial charge in [0.05, 0.1) is 0 Å². The molecule has 20 heavy (non-hydrogen) atoms. The highest BCUT2D eigenvalue weighted by atomic mass is 19.1. The zero-order valence-corrected chi connectivity index (χ0v) is 12.1. The Labute approximate surface area is 120 Å². The summed E-state index contributed by atoms with van der Waals surface area (Å²) in [6.45, 7) is 8.35. The second-order valence-electron chi connectivity index (χ2n) is 5.37. The third-order valence-electron chi connectivity index (χ3n) is 3.81. The molecule has 4 heteroatoms. The topological polar surface area (TPSA) is 23.6 Å². The fourth-order valence-corrected chi connectivity index (χ4v) is 2.62. The van der Waals surface area contributed by atoms with Gasteiger partial charge in [-0.25, -0.2) is 4.39 Å². The van der Waals surface area contributed by atoms with Gasteiger partial charge in [0.15, 0.2) is 5.78 Å². The Balaban J connectivity index is 1.74. The van der Waals surface area contributed by atoms with Crippen molar-refractivity contribution in [3.8, 4) is 0 Å². The number of ketones is 1. The predicted octanol–water partition coefficient (Wildman–Crippen LogP) is 2.43. The van der Waals surface area contributed by atoms with Crippen LogP contribution in [0.2, 0.25) is 0 Å². The molecule has 0 amide bonds. The Bertz CT molecular complexity index is 442. The second-order valence-corrected chi connectivity index (χ2v) is 5.37. The fourth-order valence-electron chi connectivity index (χ4n) is 2.62. The maximum Gasteiger partial charge on any atom is 0.164 e. The Morgan fingerprint density at radius 2 is 1.80 bits per heavy atom. The lowest BCUT2D eigenvalue weighted by molar-refractivity contribution is 0.0928. The van der Waals surface area contributed by atoms with Gasteiger partial charge in [0.1, 0.15) is 5.82 Å². The molecular formula is C16H23FN2O. The maximum absolute atomic E-state index is 13.1. The standard InChI is InChI=1S/C16H23FN2O/c1-2-7-18-9-11-19(12-10-18)8-6-16(20)14-4-3-5-15(17)13-14/h3-5,13H,2,6-12H2,1H3. The van der Waals surface area contributed by atoms with Crippen molar-refractivity contribution < 1.29 is 9.18 Å². The molecule has 0 atom stereocenters. The zero-order valence-electron chi connectivity index (χ0n) is 12.1. The molecule has 1 fully saturated rings. The lowest BCUT2D eigenvalue weighted by atomic mass is 10.1. The van der Waals surface area contributed by atoms with E-state index in [1.165, 1.54) is 18.6 Å². The molecule has 0 N–H and O–H groups in total. The van der Waals surface area contributed by atoms with Crippen LogP contribution in [0.4, 0.5) is 4.39 Å². The molecule has 0 aliphatic carbocycles. The summed E-state index contributed by atoms with van der Waals surface area (Å²) in [6, 6.07) is 5.96. The Kier molecular flexibility index (Phi) is 5.68. The van der Waals surface area contributed by atoms with Crippen LogP contribution in [0.3, 0.4) is 0 Å². The van der Waals surface area contributed by atoms with E-state index in [-0.39, 0.29) is 11.6 Å². The number of rotatable bonds is 6. The molecule has 0 unspecified atom stereocenters. The molecule has 0 saturated carbocycles. The van der Waals surface area contributed by atoms with Crippen LogP contribution < -0.4 is 0 Å². The number of piperazine rings is 1. The molecule has 0 spiro atoms. The van der Waals surface area contributed by atoms with E-state index in [9.17, 15) is 9.18 Å². The third-order valence-corrected chi connectivity index (χ3v) is 3.81. The average Bonchev–Trinajstić information content (AvgIpc) is 2.46. The summed E-state index contributed by atoms with van der Waals surface area (Å²) in [5.41, 5.74) is 0.481. The number of carbonyl (C=O) groups excluding carboxylic acids is 1. The van der Waals surface area contributed by atoms with Crippen LogP contribution in [-0.4, -0.2) is 54.9 Å². The van der Waals surface area contributed by atoms with Gasteiger partial charge in [-0.05, 0) is 25.1 Å². The lowest BCUT2D eigenvalue weighted by Gasteiger charge is -2.34. The monoisotopic (exact) mass is 278 g/mol. The smallest absolute Gasteiger partial charge is 0.164 e. The first-order valence-corrected chi connectivity index (χ1v) is 7.42. The number of nitrogens with zero attached hydrogens (tertiary/aromatic N) is 2. The summed E-state index contributed by atoms with van der Waals surface area (Å²) >= 11 is 0. The average molecular weight is 278 g/mol. The van der Waals surface area contributed by atoms with Crippen LogP contribution in [0.25, 0.3) is 0 Å². The summed E-state index contributed by atoms with van der Waals surface area (Å²) in [5, 5.41) is 0. The zero-order chi connectivity index (χ0) is 14.4. The summed E-state index contributed by atoms with van der Waals surface area (Å²) in [7, 11) is 0.